The molecule has 1 atom stereocenters. The van der Waals surface area contributed by atoms with Crippen molar-refractivity contribution >= 4 is 21.9 Å². The average molecular weight is 272 g/mol. The second kappa shape index (κ2) is 6.58. The number of esters is 1. The molecule has 1 aromatic carbocycles. The molecule has 82 valence electrons. The highest BCUT2D eigenvalue weighted by molar-refractivity contribution is 9.09. The molecule has 0 aliphatic rings. The summed E-state index contributed by atoms with van der Waals surface area (Å²) in [5.74, 6) is -0.285. The van der Waals surface area contributed by atoms with Crippen LogP contribution in [0.3, 0.4) is 0 Å². The Morgan fingerprint density at radius 2 is 2.07 bits per heavy atom. The van der Waals surface area contributed by atoms with E-state index in [2.05, 4.69) is 15.9 Å². The molecule has 0 heterocycles. The van der Waals surface area contributed by atoms with E-state index >= 15 is 0 Å². The van der Waals surface area contributed by atoms with Crippen molar-refractivity contribution in [2.45, 2.75) is 11.2 Å². The number of benzene rings is 1. The lowest BCUT2D eigenvalue weighted by molar-refractivity contribution is 0.0501. The summed E-state index contributed by atoms with van der Waals surface area (Å²) in [6.07, 6.45) is 0.731. The molecule has 2 N–H and O–H groups in total. The van der Waals surface area contributed by atoms with Gasteiger partial charge in [-0.25, -0.2) is 4.79 Å². The van der Waals surface area contributed by atoms with E-state index in [4.69, 9.17) is 10.5 Å². The summed E-state index contributed by atoms with van der Waals surface area (Å²) in [5, 5.41) is 0. The molecule has 0 saturated carbocycles. The Balaban J connectivity index is 2.31. The van der Waals surface area contributed by atoms with Crippen LogP contribution in [0.5, 0.6) is 0 Å². The minimum Gasteiger partial charge on any atom is -0.462 e. The quantitative estimate of drug-likeness (QED) is 0.658. The number of ether oxygens (including phenoxy) is 1. The summed E-state index contributed by atoms with van der Waals surface area (Å²) in [6.45, 7) is 0.934. The Labute approximate surface area is 97.7 Å². The van der Waals surface area contributed by atoms with Gasteiger partial charge in [-0.2, -0.15) is 0 Å². The van der Waals surface area contributed by atoms with Gasteiger partial charge in [0.1, 0.15) is 0 Å². The van der Waals surface area contributed by atoms with Crippen molar-refractivity contribution in [2.75, 3.05) is 13.2 Å². The van der Waals surface area contributed by atoms with Gasteiger partial charge in [-0.05, 0) is 18.6 Å². The largest absolute Gasteiger partial charge is 0.462 e. The summed E-state index contributed by atoms with van der Waals surface area (Å²) in [5.41, 5.74) is 5.99. The first kappa shape index (κ1) is 12.2. The van der Waals surface area contributed by atoms with Crippen molar-refractivity contribution in [3.05, 3.63) is 35.9 Å². The van der Waals surface area contributed by atoms with Gasteiger partial charge in [0.05, 0.1) is 12.2 Å². The first-order chi connectivity index (χ1) is 7.24. The summed E-state index contributed by atoms with van der Waals surface area (Å²) in [7, 11) is 0. The van der Waals surface area contributed by atoms with Crippen LogP contribution in [0.1, 0.15) is 16.8 Å². The van der Waals surface area contributed by atoms with Gasteiger partial charge in [-0.1, -0.05) is 34.1 Å². The van der Waals surface area contributed by atoms with E-state index in [1.54, 1.807) is 12.1 Å². The van der Waals surface area contributed by atoms with E-state index in [9.17, 15) is 4.79 Å². The molecular weight excluding hydrogens is 258 g/mol. The molecule has 0 amide bonds. The van der Waals surface area contributed by atoms with Gasteiger partial charge >= 0.3 is 5.97 Å². The molecule has 1 unspecified atom stereocenters. The molecule has 0 aliphatic heterocycles. The lowest BCUT2D eigenvalue weighted by Gasteiger charge is -2.07. The van der Waals surface area contributed by atoms with Crippen LogP contribution in [0.2, 0.25) is 0 Å². The minimum atomic E-state index is -0.285. The highest BCUT2D eigenvalue weighted by Crippen LogP contribution is 2.05. The van der Waals surface area contributed by atoms with Crippen LogP contribution in [0.4, 0.5) is 0 Å². The van der Waals surface area contributed by atoms with Crippen LogP contribution in [-0.4, -0.2) is 23.9 Å². The predicted molar refractivity (Wildman–Crippen MR) is 63.1 cm³/mol. The van der Waals surface area contributed by atoms with Crippen molar-refractivity contribution in [1.82, 2.24) is 0 Å². The average Bonchev–Trinajstić information content (AvgIpc) is 2.29. The Morgan fingerprint density at radius 3 is 2.67 bits per heavy atom. The van der Waals surface area contributed by atoms with E-state index in [1.807, 2.05) is 18.2 Å². The molecule has 0 bridgehead atoms. The monoisotopic (exact) mass is 271 g/mol. The lowest BCUT2D eigenvalue weighted by atomic mass is 10.2. The van der Waals surface area contributed by atoms with E-state index in [-0.39, 0.29) is 10.8 Å². The van der Waals surface area contributed by atoms with E-state index in [0.717, 1.165) is 6.42 Å². The number of nitrogens with two attached hydrogens (primary N) is 1. The molecule has 3 nitrogen and oxygen atoms in total. The van der Waals surface area contributed by atoms with Crippen LogP contribution in [0.15, 0.2) is 30.3 Å². The Hall–Kier alpha value is -0.870. The zero-order valence-electron chi connectivity index (χ0n) is 8.36. The fraction of sp³-hybridized carbons (Fsp3) is 0.364. The number of rotatable bonds is 5. The number of carbonyl (C=O) groups is 1. The summed E-state index contributed by atoms with van der Waals surface area (Å²) < 4.78 is 5.08. The first-order valence-electron chi connectivity index (χ1n) is 4.80. The van der Waals surface area contributed by atoms with Gasteiger partial charge in [-0.3, -0.25) is 0 Å². The van der Waals surface area contributed by atoms with Crippen LogP contribution >= 0.6 is 15.9 Å². The van der Waals surface area contributed by atoms with Crippen molar-refractivity contribution < 1.29 is 9.53 Å². The minimum absolute atomic E-state index is 0.209. The van der Waals surface area contributed by atoms with E-state index < -0.39 is 0 Å². The number of hydrogen-bond acceptors (Lipinski definition) is 3. The number of carbonyl (C=O) groups excluding carboxylic acids is 1. The number of hydrogen-bond donors (Lipinski definition) is 1. The Morgan fingerprint density at radius 1 is 1.40 bits per heavy atom. The molecule has 0 fully saturated rings. The topological polar surface area (TPSA) is 52.3 Å². The van der Waals surface area contributed by atoms with Gasteiger partial charge in [0, 0.05) is 11.4 Å². The molecule has 1 rings (SSSR count). The van der Waals surface area contributed by atoms with E-state index in [1.165, 1.54) is 0 Å². The molecule has 0 aliphatic carbocycles. The molecule has 4 heteroatoms. The van der Waals surface area contributed by atoms with Crippen molar-refractivity contribution in [2.24, 2.45) is 5.73 Å². The molecule has 0 radical (unpaired) electrons. The molecule has 0 spiro atoms. The van der Waals surface area contributed by atoms with Crippen molar-refractivity contribution in [3.63, 3.8) is 0 Å². The van der Waals surface area contributed by atoms with Gasteiger partial charge in [0.15, 0.2) is 0 Å². The Bertz CT molecular complexity index is 303. The predicted octanol–water partition coefficient (Wildman–Crippen LogP) is 1.96. The molecule has 0 saturated heterocycles. The lowest BCUT2D eigenvalue weighted by Crippen LogP contribution is -2.17. The van der Waals surface area contributed by atoms with Gasteiger partial charge in [-0.15, -0.1) is 0 Å². The fourth-order valence-electron chi connectivity index (χ4n) is 1.05. The second-order valence-corrected chi connectivity index (χ2v) is 4.42. The normalized spacial score (nSPS) is 12.1. The SMILES string of the molecule is NCC(Br)CCOC(=O)c1ccccc1. The summed E-state index contributed by atoms with van der Waals surface area (Å²) in [6, 6.07) is 8.95. The first-order valence-corrected chi connectivity index (χ1v) is 5.72. The number of alkyl halides is 1. The maximum absolute atomic E-state index is 11.4. The highest BCUT2D eigenvalue weighted by Gasteiger charge is 2.07. The molecule has 0 aromatic heterocycles. The fourth-order valence-corrected chi connectivity index (χ4v) is 1.24. The van der Waals surface area contributed by atoms with Crippen molar-refractivity contribution in [3.8, 4) is 0 Å². The van der Waals surface area contributed by atoms with Crippen LogP contribution in [0, 0.1) is 0 Å². The van der Waals surface area contributed by atoms with Gasteiger partial charge < -0.3 is 10.5 Å². The van der Waals surface area contributed by atoms with Gasteiger partial charge in [0.2, 0.25) is 0 Å². The summed E-state index contributed by atoms with van der Waals surface area (Å²) >= 11 is 3.37. The second-order valence-electron chi connectivity index (χ2n) is 3.12. The zero-order chi connectivity index (χ0) is 11.1. The highest BCUT2D eigenvalue weighted by atomic mass is 79.9. The van der Waals surface area contributed by atoms with Crippen LogP contribution in [0.25, 0.3) is 0 Å². The molecular formula is C11H14BrNO2. The van der Waals surface area contributed by atoms with Crippen LogP contribution < -0.4 is 5.73 Å². The standard InChI is InChI=1S/C11H14BrNO2/c12-10(8-13)6-7-15-11(14)9-4-2-1-3-5-9/h1-5,10H,6-8,13H2. The smallest absolute Gasteiger partial charge is 0.338 e. The zero-order valence-corrected chi connectivity index (χ0v) is 9.94. The maximum Gasteiger partial charge on any atom is 0.338 e. The third-order valence-electron chi connectivity index (χ3n) is 1.93. The van der Waals surface area contributed by atoms with Crippen molar-refractivity contribution in [1.29, 1.82) is 0 Å². The Kier molecular flexibility index (Phi) is 5.36. The molecule has 1 aromatic rings. The van der Waals surface area contributed by atoms with Gasteiger partial charge in [0.25, 0.3) is 0 Å². The maximum atomic E-state index is 11.4. The number of halogens is 1. The third-order valence-corrected chi connectivity index (χ3v) is 2.76. The van der Waals surface area contributed by atoms with Crippen LogP contribution in [-0.2, 0) is 4.74 Å². The third kappa shape index (κ3) is 4.44. The summed E-state index contributed by atoms with van der Waals surface area (Å²) in [4.78, 5) is 11.7. The molecule has 15 heavy (non-hydrogen) atoms. The van der Waals surface area contributed by atoms with E-state index in [0.29, 0.717) is 18.7 Å².